The maximum atomic E-state index is 12.5. The molecule has 0 saturated heterocycles. The highest BCUT2D eigenvalue weighted by Crippen LogP contribution is 2.32. The summed E-state index contributed by atoms with van der Waals surface area (Å²) in [6.45, 7) is 2.60. The summed E-state index contributed by atoms with van der Waals surface area (Å²) < 4.78 is 0. The molecule has 0 unspecified atom stereocenters. The Hall–Kier alpha value is -1.32. The summed E-state index contributed by atoms with van der Waals surface area (Å²) in [7, 11) is 0. The van der Waals surface area contributed by atoms with Gasteiger partial charge in [0.2, 0.25) is 0 Å². The third kappa shape index (κ3) is 4.36. The number of amides is 2. The van der Waals surface area contributed by atoms with E-state index in [1.165, 1.54) is 24.2 Å². The number of carbonyl (C=O) groups excluding carboxylic acids is 2. The second kappa shape index (κ2) is 8.51. The summed E-state index contributed by atoms with van der Waals surface area (Å²) in [5.41, 5.74) is 0.905. The van der Waals surface area contributed by atoms with Gasteiger partial charge >= 0.3 is 0 Å². The summed E-state index contributed by atoms with van der Waals surface area (Å²) >= 11 is 12.0. The lowest BCUT2D eigenvalue weighted by Crippen LogP contribution is -2.32. The summed E-state index contributed by atoms with van der Waals surface area (Å²) in [6, 6.07) is 6.78. The Balaban J connectivity index is 1.97. The van der Waals surface area contributed by atoms with Crippen LogP contribution in [-0.4, -0.2) is 23.3 Å². The Bertz CT molecular complexity index is 608. The van der Waals surface area contributed by atoms with Crippen molar-refractivity contribution in [2.45, 2.75) is 45.4 Å². The number of unbranched alkanes of at least 4 members (excludes halogenated alkanes) is 5. The third-order valence-electron chi connectivity index (χ3n) is 3.98. The van der Waals surface area contributed by atoms with Crippen molar-refractivity contribution < 1.29 is 9.59 Å². The van der Waals surface area contributed by atoms with Crippen LogP contribution < -0.4 is 0 Å². The first kappa shape index (κ1) is 18.0. The second-order valence-electron chi connectivity index (χ2n) is 5.73. The normalized spacial score (nSPS) is 15.0. The zero-order chi connectivity index (χ0) is 16.8. The maximum absolute atomic E-state index is 12.5. The van der Waals surface area contributed by atoms with Crippen LogP contribution in [0.4, 0.5) is 0 Å². The Kier molecular flexibility index (Phi) is 6.67. The number of nitrogens with zero attached hydrogens (tertiary/aromatic N) is 1. The van der Waals surface area contributed by atoms with Crippen molar-refractivity contribution in [2.75, 3.05) is 6.54 Å². The molecule has 1 aromatic carbocycles. The molecular formula is C18H21Cl2NO2. The molecule has 0 aromatic heterocycles. The van der Waals surface area contributed by atoms with Gasteiger partial charge in [-0.1, -0.05) is 74.4 Å². The molecule has 0 N–H and O–H groups in total. The quantitative estimate of drug-likeness (QED) is 0.486. The molecule has 5 heteroatoms. The van der Waals surface area contributed by atoms with Gasteiger partial charge in [0.1, 0.15) is 5.03 Å². The van der Waals surface area contributed by atoms with E-state index in [1.54, 1.807) is 24.3 Å². The van der Waals surface area contributed by atoms with E-state index >= 15 is 0 Å². The number of rotatable bonds is 8. The van der Waals surface area contributed by atoms with Gasteiger partial charge in [0.25, 0.3) is 11.8 Å². The topological polar surface area (TPSA) is 37.4 Å². The highest BCUT2D eigenvalue weighted by molar-refractivity contribution is 6.55. The fourth-order valence-corrected chi connectivity index (χ4v) is 3.08. The highest BCUT2D eigenvalue weighted by atomic mass is 35.5. The van der Waals surface area contributed by atoms with Crippen molar-refractivity contribution >= 4 is 40.6 Å². The van der Waals surface area contributed by atoms with E-state index < -0.39 is 5.91 Å². The van der Waals surface area contributed by atoms with E-state index in [-0.39, 0.29) is 16.5 Å². The minimum atomic E-state index is -0.393. The van der Waals surface area contributed by atoms with Crippen molar-refractivity contribution in [1.82, 2.24) is 4.90 Å². The largest absolute Gasteiger partial charge is 0.274 e. The first-order valence-electron chi connectivity index (χ1n) is 8.08. The van der Waals surface area contributed by atoms with Gasteiger partial charge in [-0.25, -0.2) is 0 Å². The molecule has 3 nitrogen and oxygen atoms in total. The van der Waals surface area contributed by atoms with Crippen molar-refractivity contribution in [3.63, 3.8) is 0 Å². The smallest absolute Gasteiger partial charge is 0.273 e. The van der Waals surface area contributed by atoms with Crippen LogP contribution >= 0.6 is 23.2 Å². The molecule has 2 rings (SSSR count). The predicted molar refractivity (Wildman–Crippen MR) is 94.3 cm³/mol. The number of hydrogen-bond acceptors (Lipinski definition) is 2. The van der Waals surface area contributed by atoms with E-state index in [0.717, 1.165) is 19.3 Å². The first-order chi connectivity index (χ1) is 11.1. The van der Waals surface area contributed by atoms with Crippen LogP contribution in [-0.2, 0) is 9.59 Å². The summed E-state index contributed by atoms with van der Waals surface area (Å²) in [6.07, 6.45) is 6.61. The molecule has 0 aliphatic carbocycles. The van der Waals surface area contributed by atoms with Crippen LogP contribution in [0.2, 0.25) is 5.02 Å². The van der Waals surface area contributed by atoms with Gasteiger partial charge in [-0.3, -0.25) is 14.5 Å². The van der Waals surface area contributed by atoms with Crippen molar-refractivity contribution in [3.05, 3.63) is 39.9 Å². The van der Waals surface area contributed by atoms with Gasteiger partial charge in [0.15, 0.2) is 0 Å². The monoisotopic (exact) mass is 353 g/mol. The standard InChI is InChI=1S/C18H21Cl2NO2/c1-2-3-4-5-6-7-12-21-17(22)15(16(20)18(21)23)13-8-10-14(19)11-9-13/h8-11H,2-7,12H2,1H3. The average Bonchev–Trinajstić information content (AvgIpc) is 2.75. The van der Waals surface area contributed by atoms with E-state index in [9.17, 15) is 9.59 Å². The van der Waals surface area contributed by atoms with Gasteiger partial charge in [-0.15, -0.1) is 0 Å². The number of imide groups is 1. The molecule has 124 valence electrons. The molecule has 0 radical (unpaired) electrons. The van der Waals surface area contributed by atoms with Gasteiger partial charge in [0.05, 0.1) is 5.57 Å². The van der Waals surface area contributed by atoms with Crippen LogP contribution in [0.1, 0.15) is 51.0 Å². The Morgan fingerprint density at radius 1 is 0.870 bits per heavy atom. The Morgan fingerprint density at radius 3 is 2.13 bits per heavy atom. The van der Waals surface area contributed by atoms with Gasteiger partial charge in [-0.2, -0.15) is 0 Å². The lowest BCUT2D eigenvalue weighted by atomic mass is 10.1. The van der Waals surface area contributed by atoms with E-state index in [4.69, 9.17) is 23.2 Å². The molecule has 2 amide bonds. The first-order valence-corrected chi connectivity index (χ1v) is 8.83. The van der Waals surface area contributed by atoms with E-state index in [0.29, 0.717) is 17.1 Å². The molecule has 1 aliphatic heterocycles. The molecule has 0 bridgehead atoms. The van der Waals surface area contributed by atoms with Crippen LogP contribution in [0.15, 0.2) is 29.3 Å². The summed E-state index contributed by atoms with van der Waals surface area (Å²) in [4.78, 5) is 26.0. The minimum absolute atomic E-state index is 0.00306. The number of halogens is 2. The molecule has 1 aliphatic rings. The predicted octanol–water partition coefficient (Wildman–Crippen LogP) is 5.02. The Labute approximate surface area is 147 Å². The van der Waals surface area contributed by atoms with Gasteiger partial charge < -0.3 is 0 Å². The van der Waals surface area contributed by atoms with Gasteiger partial charge in [0, 0.05) is 11.6 Å². The zero-order valence-corrected chi connectivity index (χ0v) is 14.8. The Morgan fingerprint density at radius 2 is 1.48 bits per heavy atom. The number of carbonyl (C=O) groups is 2. The maximum Gasteiger partial charge on any atom is 0.273 e. The third-order valence-corrected chi connectivity index (χ3v) is 4.58. The molecule has 1 heterocycles. The molecule has 23 heavy (non-hydrogen) atoms. The zero-order valence-electron chi connectivity index (χ0n) is 13.3. The van der Waals surface area contributed by atoms with Gasteiger partial charge in [-0.05, 0) is 24.1 Å². The fraction of sp³-hybridized carbons (Fsp3) is 0.444. The lowest BCUT2D eigenvalue weighted by Gasteiger charge is -2.14. The second-order valence-corrected chi connectivity index (χ2v) is 6.54. The highest BCUT2D eigenvalue weighted by Gasteiger charge is 2.37. The summed E-state index contributed by atoms with van der Waals surface area (Å²) in [5.74, 6) is -0.703. The van der Waals surface area contributed by atoms with E-state index in [1.807, 2.05) is 0 Å². The SMILES string of the molecule is CCCCCCCCN1C(=O)C(Cl)=C(c2ccc(Cl)cc2)C1=O. The van der Waals surface area contributed by atoms with Crippen molar-refractivity contribution in [1.29, 1.82) is 0 Å². The average molecular weight is 354 g/mol. The van der Waals surface area contributed by atoms with Crippen LogP contribution in [0.3, 0.4) is 0 Å². The minimum Gasteiger partial charge on any atom is -0.274 e. The molecular weight excluding hydrogens is 333 g/mol. The van der Waals surface area contributed by atoms with Crippen LogP contribution in [0, 0.1) is 0 Å². The fourth-order valence-electron chi connectivity index (χ4n) is 2.67. The van der Waals surface area contributed by atoms with Crippen LogP contribution in [0.25, 0.3) is 5.57 Å². The molecule has 0 fully saturated rings. The van der Waals surface area contributed by atoms with E-state index in [2.05, 4.69) is 6.92 Å². The van der Waals surface area contributed by atoms with Crippen molar-refractivity contribution in [3.8, 4) is 0 Å². The number of benzene rings is 1. The van der Waals surface area contributed by atoms with Crippen LogP contribution in [0.5, 0.6) is 0 Å². The number of hydrogen-bond donors (Lipinski definition) is 0. The van der Waals surface area contributed by atoms with Crippen molar-refractivity contribution in [2.24, 2.45) is 0 Å². The molecule has 0 saturated carbocycles. The lowest BCUT2D eigenvalue weighted by molar-refractivity contribution is -0.136. The molecule has 1 aromatic rings. The summed E-state index contributed by atoms with van der Waals surface area (Å²) in [5, 5.41) is 0.578. The molecule has 0 spiro atoms. The molecule has 0 atom stereocenters.